The summed E-state index contributed by atoms with van der Waals surface area (Å²) in [6, 6.07) is 3.53. The monoisotopic (exact) mass is 262 g/mol. The molecule has 1 aromatic heterocycles. The number of hydrogen-bond acceptors (Lipinski definition) is 3. The zero-order valence-electron chi connectivity index (χ0n) is 8.80. The highest BCUT2D eigenvalue weighted by Crippen LogP contribution is 2.09. The second-order valence-electron chi connectivity index (χ2n) is 3.12. The van der Waals surface area contributed by atoms with Gasteiger partial charge in [0.25, 0.3) is 0 Å². The minimum atomic E-state index is -0.494. The first-order valence-corrected chi connectivity index (χ1v) is 5.62. The van der Waals surface area contributed by atoms with E-state index in [1.165, 1.54) is 0 Å². The van der Waals surface area contributed by atoms with Crippen LogP contribution in [-0.4, -0.2) is 23.6 Å². The van der Waals surface area contributed by atoms with Crippen molar-refractivity contribution in [1.82, 2.24) is 10.3 Å². The first-order valence-electron chi connectivity index (χ1n) is 4.71. The average Bonchev–Trinajstić information content (AvgIpc) is 2.22. The molecule has 1 N–H and O–H groups in total. The molecular weight excluding hydrogens is 251 g/mol. The molecule has 0 aliphatic carbocycles. The van der Waals surface area contributed by atoms with Gasteiger partial charge in [-0.25, -0.2) is 9.78 Å². The van der Waals surface area contributed by atoms with E-state index in [0.717, 1.165) is 11.3 Å². The number of carbonyl (C=O) groups excluding carboxylic acids is 1. The van der Waals surface area contributed by atoms with Crippen LogP contribution in [0.3, 0.4) is 0 Å². The molecule has 6 heteroatoms. The zero-order valence-corrected chi connectivity index (χ0v) is 10.3. The van der Waals surface area contributed by atoms with Crippen molar-refractivity contribution in [1.29, 1.82) is 0 Å². The molecule has 0 aliphatic rings. The fourth-order valence-corrected chi connectivity index (χ4v) is 1.51. The van der Waals surface area contributed by atoms with E-state index >= 15 is 0 Å². The van der Waals surface area contributed by atoms with Crippen LogP contribution in [0.2, 0.25) is 5.15 Å². The second kappa shape index (κ2) is 6.55. The maximum absolute atomic E-state index is 11.1. The lowest BCUT2D eigenvalue weighted by atomic mass is 10.2. The summed E-state index contributed by atoms with van der Waals surface area (Å²) in [5, 5.41) is 2.99. The third-order valence-electron chi connectivity index (χ3n) is 1.73. The quantitative estimate of drug-likeness (QED) is 0.670. The van der Waals surface area contributed by atoms with Crippen LogP contribution in [0.5, 0.6) is 0 Å². The Morgan fingerprint density at radius 3 is 2.94 bits per heavy atom. The van der Waals surface area contributed by atoms with Gasteiger partial charge in [-0.2, -0.15) is 0 Å². The molecule has 1 rings (SSSR count). The SMILES string of the molecule is Cc1cc(CNC(=O)OCCCl)cc(Cl)n1. The third kappa shape index (κ3) is 4.68. The van der Waals surface area contributed by atoms with Crippen LogP contribution in [0.4, 0.5) is 4.79 Å². The zero-order chi connectivity index (χ0) is 12.0. The maximum Gasteiger partial charge on any atom is 0.407 e. The predicted octanol–water partition coefficient (Wildman–Crippen LogP) is 2.51. The summed E-state index contributed by atoms with van der Waals surface area (Å²) in [5.74, 6) is 0.285. The van der Waals surface area contributed by atoms with Crippen LogP contribution < -0.4 is 5.32 Å². The van der Waals surface area contributed by atoms with E-state index in [4.69, 9.17) is 27.9 Å². The van der Waals surface area contributed by atoms with E-state index < -0.39 is 6.09 Å². The second-order valence-corrected chi connectivity index (χ2v) is 3.88. The number of nitrogens with one attached hydrogen (secondary N) is 1. The number of aromatic nitrogens is 1. The summed E-state index contributed by atoms with van der Waals surface area (Å²) >= 11 is 11.2. The Morgan fingerprint density at radius 2 is 2.31 bits per heavy atom. The van der Waals surface area contributed by atoms with E-state index in [0.29, 0.717) is 11.7 Å². The minimum Gasteiger partial charge on any atom is -0.448 e. The molecule has 0 fully saturated rings. The molecule has 0 spiro atoms. The summed E-state index contributed by atoms with van der Waals surface area (Å²) in [7, 11) is 0. The molecule has 1 aromatic rings. The van der Waals surface area contributed by atoms with Crippen LogP contribution >= 0.6 is 23.2 Å². The van der Waals surface area contributed by atoms with Gasteiger partial charge in [0.15, 0.2) is 0 Å². The molecule has 0 aromatic carbocycles. The van der Waals surface area contributed by atoms with E-state index in [-0.39, 0.29) is 12.5 Å². The smallest absolute Gasteiger partial charge is 0.407 e. The largest absolute Gasteiger partial charge is 0.448 e. The first-order chi connectivity index (χ1) is 7.61. The van der Waals surface area contributed by atoms with Crippen molar-refractivity contribution in [3.05, 3.63) is 28.5 Å². The number of alkyl carbamates (subject to hydrolysis) is 1. The average molecular weight is 263 g/mol. The molecule has 0 saturated carbocycles. The Kier molecular flexibility index (Phi) is 5.35. The van der Waals surface area contributed by atoms with Crippen molar-refractivity contribution in [3.8, 4) is 0 Å². The number of aryl methyl sites for hydroxylation is 1. The van der Waals surface area contributed by atoms with Gasteiger partial charge in [-0.1, -0.05) is 11.6 Å². The van der Waals surface area contributed by atoms with Crippen LogP contribution in [0.25, 0.3) is 0 Å². The summed E-state index contributed by atoms with van der Waals surface area (Å²) in [6.45, 7) is 2.38. The third-order valence-corrected chi connectivity index (χ3v) is 2.08. The molecule has 1 amide bonds. The molecule has 0 aliphatic heterocycles. The molecule has 0 radical (unpaired) electrons. The molecule has 88 valence electrons. The number of ether oxygens (including phenoxy) is 1. The highest BCUT2D eigenvalue weighted by molar-refractivity contribution is 6.29. The van der Waals surface area contributed by atoms with Crippen LogP contribution in [0, 0.1) is 6.92 Å². The van der Waals surface area contributed by atoms with Gasteiger partial charge in [-0.3, -0.25) is 0 Å². The van der Waals surface area contributed by atoms with Gasteiger partial charge >= 0.3 is 6.09 Å². The van der Waals surface area contributed by atoms with Gasteiger partial charge in [-0.05, 0) is 24.6 Å². The number of pyridine rings is 1. The highest BCUT2D eigenvalue weighted by atomic mass is 35.5. The van der Waals surface area contributed by atoms with E-state index in [9.17, 15) is 4.79 Å². The molecular formula is C10H12Cl2N2O2. The van der Waals surface area contributed by atoms with Gasteiger partial charge in [0.05, 0.1) is 5.88 Å². The normalized spacial score (nSPS) is 9.94. The summed E-state index contributed by atoms with van der Waals surface area (Å²) in [6.07, 6.45) is -0.494. The summed E-state index contributed by atoms with van der Waals surface area (Å²) < 4.78 is 4.74. The number of amides is 1. The van der Waals surface area contributed by atoms with Gasteiger partial charge in [0.1, 0.15) is 11.8 Å². The Hall–Kier alpha value is -1.00. The van der Waals surface area contributed by atoms with Crippen molar-refractivity contribution >= 4 is 29.3 Å². The van der Waals surface area contributed by atoms with Crippen molar-refractivity contribution in [2.24, 2.45) is 0 Å². The van der Waals surface area contributed by atoms with Crippen LogP contribution in [0.1, 0.15) is 11.3 Å². The lowest BCUT2D eigenvalue weighted by Crippen LogP contribution is -2.24. The Balaban J connectivity index is 2.45. The minimum absolute atomic E-state index is 0.198. The number of carbonyl (C=O) groups is 1. The maximum atomic E-state index is 11.1. The fourth-order valence-electron chi connectivity index (χ4n) is 1.15. The molecule has 0 saturated heterocycles. The molecule has 1 heterocycles. The summed E-state index contributed by atoms with van der Waals surface area (Å²) in [5.41, 5.74) is 1.68. The Bertz CT molecular complexity index is 352. The van der Waals surface area contributed by atoms with Crippen molar-refractivity contribution in [3.63, 3.8) is 0 Å². The Morgan fingerprint density at radius 1 is 1.56 bits per heavy atom. The molecule has 0 atom stereocenters. The number of halogens is 2. The van der Waals surface area contributed by atoms with Crippen LogP contribution in [-0.2, 0) is 11.3 Å². The standard InChI is InChI=1S/C10H12Cl2N2O2/c1-7-4-8(5-9(12)14-7)6-13-10(15)16-3-2-11/h4-5H,2-3,6H2,1H3,(H,13,15). The van der Waals surface area contributed by atoms with Crippen molar-refractivity contribution < 1.29 is 9.53 Å². The van der Waals surface area contributed by atoms with Crippen molar-refractivity contribution in [2.75, 3.05) is 12.5 Å². The fraction of sp³-hybridized carbons (Fsp3) is 0.400. The number of alkyl halides is 1. The molecule has 4 nitrogen and oxygen atoms in total. The van der Waals surface area contributed by atoms with Gasteiger partial charge in [-0.15, -0.1) is 11.6 Å². The van der Waals surface area contributed by atoms with Gasteiger partial charge < -0.3 is 10.1 Å². The highest BCUT2D eigenvalue weighted by Gasteiger charge is 2.03. The molecule has 0 unspecified atom stereocenters. The number of nitrogens with zero attached hydrogens (tertiary/aromatic N) is 1. The lowest BCUT2D eigenvalue weighted by Gasteiger charge is -2.06. The van der Waals surface area contributed by atoms with Gasteiger partial charge in [0.2, 0.25) is 0 Å². The van der Waals surface area contributed by atoms with Crippen LogP contribution in [0.15, 0.2) is 12.1 Å². The molecule has 16 heavy (non-hydrogen) atoms. The number of rotatable bonds is 4. The van der Waals surface area contributed by atoms with Crippen molar-refractivity contribution in [2.45, 2.75) is 13.5 Å². The van der Waals surface area contributed by atoms with E-state index in [2.05, 4.69) is 10.3 Å². The Labute approximate surface area is 104 Å². The summed E-state index contributed by atoms with van der Waals surface area (Å²) in [4.78, 5) is 15.1. The lowest BCUT2D eigenvalue weighted by molar-refractivity contribution is 0.152. The van der Waals surface area contributed by atoms with Gasteiger partial charge in [0, 0.05) is 12.2 Å². The molecule has 0 bridgehead atoms. The number of hydrogen-bond donors (Lipinski definition) is 1. The van der Waals surface area contributed by atoms with E-state index in [1.54, 1.807) is 6.07 Å². The predicted molar refractivity (Wildman–Crippen MR) is 62.9 cm³/mol. The topological polar surface area (TPSA) is 51.2 Å². The first kappa shape index (κ1) is 13.1. The van der Waals surface area contributed by atoms with E-state index in [1.807, 2.05) is 13.0 Å².